The lowest BCUT2D eigenvalue weighted by molar-refractivity contribution is 1.09. The Hall–Kier alpha value is -3.06. The molecule has 0 radical (unpaired) electrons. The monoisotopic (exact) mass is 293 g/mol. The van der Waals surface area contributed by atoms with E-state index in [0.717, 1.165) is 0 Å². The van der Waals surface area contributed by atoms with Crippen molar-refractivity contribution in [3.8, 4) is 39.2 Å². The third kappa shape index (κ3) is 1.74. The summed E-state index contributed by atoms with van der Waals surface area (Å²) < 4.78 is 2.30. The van der Waals surface area contributed by atoms with Gasteiger partial charge in [-0.05, 0) is 34.9 Å². The van der Waals surface area contributed by atoms with Crippen LogP contribution in [0.3, 0.4) is 0 Å². The summed E-state index contributed by atoms with van der Waals surface area (Å²) in [6.45, 7) is 0. The summed E-state index contributed by atoms with van der Waals surface area (Å²) >= 11 is 0. The van der Waals surface area contributed by atoms with Crippen molar-refractivity contribution in [1.82, 2.24) is 4.57 Å². The fourth-order valence-electron chi connectivity index (χ4n) is 3.62. The first-order valence-electron chi connectivity index (χ1n) is 7.89. The number of hydrogen-bond acceptors (Lipinski definition) is 0. The second kappa shape index (κ2) is 4.72. The SMILES string of the molecule is c1ccc2c(c1)-c1ccccc1-c1cccn1-c1ccccc1-2. The van der Waals surface area contributed by atoms with Crippen LogP contribution in [0.4, 0.5) is 0 Å². The smallest absolute Gasteiger partial charge is 0.0534 e. The number of benzene rings is 3. The minimum absolute atomic E-state index is 1.23. The first-order valence-corrected chi connectivity index (χ1v) is 7.89. The van der Waals surface area contributed by atoms with Crippen LogP contribution >= 0.6 is 0 Å². The zero-order valence-corrected chi connectivity index (χ0v) is 12.6. The molecule has 1 aliphatic heterocycles. The van der Waals surface area contributed by atoms with Crippen LogP contribution in [0, 0.1) is 0 Å². The Bertz CT molecular complexity index is 942. The quantitative estimate of drug-likeness (QED) is 0.340. The fourth-order valence-corrected chi connectivity index (χ4v) is 3.62. The van der Waals surface area contributed by atoms with E-state index in [2.05, 4.69) is 95.7 Å². The number of nitrogens with zero attached hydrogens (tertiary/aromatic N) is 1. The first-order chi connectivity index (χ1) is 11.4. The van der Waals surface area contributed by atoms with Crippen molar-refractivity contribution >= 4 is 0 Å². The summed E-state index contributed by atoms with van der Waals surface area (Å²) in [6, 6.07) is 30.3. The Morgan fingerprint density at radius 1 is 0.435 bits per heavy atom. The van der Waals surface area contributed by atoms with Gasteiger partial charge >= 0.3 is 0 Å². The highest BCUT2D eigenvalue weighted by molar-refractivity contribution is 5.95. The molecule has 5 rings (SSSR count). The minimum atomic E-state index is 1.23. The van der Waals surface area contributed by atoms with E-state index in [1.54, 1.807) is 0 Å². The van der Waals surface area contributed by atoms with Crippen LogP contribution in [0.25, 0.3) is 39.2 Å². The van der Waals surface area contributed by atoms with E-state index in [1.165, 1.54) is 39.2 Å². The van der Waals surface area contributed by atoms with Crippen molar-refractivity contribution in [3.05, 3.63) is 91.1 Å². The summed E-state index contributed by atoms with van der Waals surface area (Å²) in [7, 11) is 0. The van der Waals surface area contributed by atoms with Crippen molar-refractivity contribution in [2.75, 3.05) is 0 Å². The third-order valence-corrected chi connectivity index (χ3v) is 4.62. The van der Waals surface area contributed by atoms with E-state index in [-0.39, 0.29) is 0 Å². The van der Waals surface area contributed by atoms with Crippen molar-refractivity contribution in [1.29, 1.82) is 0 Å². The third-order valence-electron chi connectivity index (χ3n) is 4.62. The van der Waals surface area contributed by atoms with Crippen molar-refractivity contribution < 1.29 is 0 Å². The molecule has 0 saturated heterocycles. The van der Waals surface area contributed by atoms with Crippen LogP contribution in [-0.2, 0) is 0 Å². The zero-order valence-electron chi connectivity index (χ0n) is 12.6. The molecule has 1 heteroatoms. The van der Waals surface area contributed by atoms with E-state index in [4.69, 9.17) is 0 Å². The van der Waals surface area contributed by atoms with Crippen molar-refractivity contribution in [2.45, 2.75) is 0 Å². The molecular weight excluding hydrogens is 278 g/mol. The highest BCUT2D eigenvalue weighted by Crippen LogP contribution is 2.43. The molecule has 108 valence electrons. The van der Waals surface area contributed by atoms with E-state index in [0.29, 0.717) is 0 Å². The molecule has 0 bridgehead atoms. The number of rotatable bonds is 0. The maximum atomic E-state index is 2.30. The molecule has 3 aromatic carbocycles. The summed E-state index contributed by atoms with van der Waals surface area (Å²) in [4.78, 5) is 0. The molecule has 0 spiro atoms. The van der Waals surface area contributed by atoms with Gasteiger partial charge in [0.1, 0.15) is 0 Å². The Balaban J connectivity index is 2.01. The Morgan fingerprint density at radius 2 is 0.957 bits per heavy atom. The lowest BCUT2D eigenvalue weighted by Gasteiger charge is -2.22. The lowest BCUT2D eigenvalue weighted by Crippen LogP contribution is -2.02. The van der Waals surface area contributed by atoms with Crippen LogP contribution in [0.5, 0.6) is 0 Å². The number of hydrogen-bond donors (Lipinski definition) is 0. The maximum absolute atomic E-state index is 2.30. The molecule has 0 fully saturated rings. The molecular formula is C22H15N. The summed E-state index contributed by atoms with van der Waals surface area (Å²) in [5, 5.41) is 0. The second-order valence-corrected chi connectivity index (χ2v) is 5.87. The molecule has 1 aliphatic rings. The predicted octanol–water partition coefficient (Wildman–Crippen LogP) is 5.79. The molecule has 4 aromatic rings. The van der Waals surface area contributed by atoms with Crippen LogP contribution in [-0.4, -0.2) is 4.57 Å². The number of para-hydroxylation sites is 1. The summed E-state index contributed by atoms with van der Waals surface area (Å²) in [6.07, 6.45) is 2.15. The lowest BCUT2D eigenvalue weighted by atomic mass is 9.88. The van der Waals surface area contributed by atoms with E-state index in [9.17, 15) is 0 Å². The predicted molar refractivity (Wildman–Crippen MR) is 95.6 cm³/mol. The molecule has 1 aromatic heterocycles. The minimum Gasteiger partial charge on any atom is -0.316 e. The average molecular weight is 293 g/mol. The Kier molecular flexibility index (Phi) is 2.56. The average Bonchev–Trinajstić information content (AvgIpc) is 3.10. The highest BCUT2D eigenvalue weighted by Gasteiger charge is 2.20. The largest absolute Gasteiger partial charge is 0.316 e. The van der Waals surface area contributed by atoms with Crippen LogP contribution < -0.4 is 0 Å². The van der Waals surface area contributed by atoms with Crippen LogP contribution in [0.1, 0.15) is 0 Å². The molecule has 0 N–H and O–H groups in total. The first kappa shape index (κ1) is 12.5. The maximum Gasteiger partial charge on any atom is 0.0534 e. The number of fused-ring (bicyclic) bond motifs is 8. The molecule has 0 atom stereocenters. The zero-order chi connectivity index (χ0) is 15.2. The van der Waals surface area contributed by atoms with E-state index >= 15 is 0 Å². The van der Waals surface area contributed by atoms with Gasteiger partial charge in [-0.15, -0.1) is 0 Å². The molecule has 23 heavy (non-hydrogen) atoms. The van der Waals surface area contributed by atoms with Gasteiger partial charge < -0.3 is 4.57 Å². The van der Waals surface area contributed by atoms with Gasteiger partial charge in [0.25, 0.3) is 0 Å². The molecule has 0 saturated carbocycles. The molecule has 2 heterocycles. The van der Waals surface area contributed by atoms with Gasteiger partial charge in [0.05, 0.1) is 11.4 Å². The van der Waals surface area contributed by atoms with E-state index in [1.807, 2.05) is 0 Å². The molecule has 1 nitrogen and oxygen atoms in total. The standard InChI is InChI=1S/C22H15N/c1-2-9-17-16(8-1)18-10-3-4-11-20(18)22-14-7-15-23(22)21-13-6-5-12-19(17)21/h1-15H. The van der Waals surface area contributed by atoms with Crippen molar-refractivity contribution in [2.24, 2.45) is 0 Å². The summed E-state index contributed by atoms with van der Waals surface area (Å²) in [5.74, 6) is 0. The van der Waals surface area contributed by atoms with Crippen molar-refractivity contribution in [3.63, 3.8) is 0 Å². The molecule has 0 unspecified atom stereocenters. The Morgan fingerprint density at radius 3 is 1.70 bits per heavy atom. The van der Waals surface area contributed by atoms with E-state index < -0.39 is 0 Å². The topological polar surface area (TPSA) is 4.93 Å². The van der Waals surface area contributed by atoms with Crippen LogP contribution in [0.15, 0.2) is 91.1 Å². The number of aromatic nitrogens is 1. The second-order valence-electron chi connectivity index (χ2n) is 5.87. The summed E-state index contributed by atoms with van der Waals surface area (Å²) in [5.41, 5.74) is 8.89. The fraction of sp³-hybridized carbons (Fsp3) is 0. The Labute approximate surface area is 135 Å². The van der Waals surface area contributed by atoms with Gasteiger partial charge in [-0.1, -0.05) is 66.7 Å². The van der Waals surface area contributed by atoms with Gasteiger partial charge in [-0.3, -0.25) is 0 Å². The molecule has 0 aliphatic carbocycles. The van der Waals surface area contributed by atoms with Gasteiger partial charge in [0.2, 0.25) is 0 Å². The van der Waals surface area contributed by atoms with Gasteiger partial charge in [0, 0.05) is 17.3 Å². The van der Waals surface area contributed by atoms with Crippen LogP contribution in [0.2, 0.25) is 0 Å². The van der Waals surface area contributed by atoms with Gasteiger partial charge in [-0.2, -0.15) is 0 Å². The van der Waals surface area contributed by atoms with Gasteiger partial charge in [-0.25, -0.2) is 0 Å². The van der Waals surface area contributed by atoms with Gasteiger partial charge in [0.15, 0.2) is 0 Å². The normalized spacial score (nSPS) is 11.5. The molecule has 0 amide bonds. The highest BCUT2D eigenvalue weighted by atomic mass is 15.0.